The largest absolute Gasteiger partial charge is 0.493 e. The lowest BCUT2D eigenvalue weighted by Crippen LogP contribution is -2.05. The second-order valence-corrected chi connectivity index (χ2v) is 5.47. The van der Waals surface area contributed by atoms with Gasteiger partial charge in [0.1, 0.15) is 0 Å². The Balaban J connectivity index is 2.88. The van der Waals surface area contributed by atoms with E-state index in [1.165, 1.54) is 21.3 Å². The number of benzene rings is 1. The number of ketones is 1. The summed E-state index contributed by atoms with van der Waals surface area (Å²) in [6.07, 6.45) is 6.87. The van der Waals surface area contributed by atoms with Crippen molar-refractivity contribution in [1.29, 1.82) is 0 Å². The lowest BCUT2D eigenvalue weighted by molar-refractivity contribution is -0.116. The molecule has 0 aliphatic heterocycles. The molecule has 0 N–H and O–H groups in total. The van der Waals surface area contributed by atoms with Gasteiger partial charge in [0.15, 0.2) is 17.3 Å². The first-order valence-electron chi connectivity index (χ1n) is 7.95. The van der Waals surface area contributed by atoms with E-state index in [0.29, 0.717) is 17.3 Å². The maximum atomic E-state index is 12.3. The number of carbonyl (C=O) groups is 1. The maximum absolute atomic E-state index is 12.3. The van der Waals surface area contributed by atoms with Crippen LogP contribution >= 0.6 is 0 Å². The van der Waals surface area contributed by atoms with Crippen molar-refractivity contribution in [3.8, 4) is 0 Å². The number of ether oxygens (including phenoxy) is 3. The second-order valence-electron chi connectivity index (χ2n) is 5.47. The van der Waals surface area contributed by atoms with Crippen molar-refractivity contribution >= 4 is 11.9 Å². The molecule has 0 heterocycles. The monoisotopic (exact) mass is 342 g/mol. The molecule has 0 bridgehead atoms. The standard InChI is InChI=1S/C21H26O4/c1-15-9-7-8-10-18(15)12-13-19(22)16(2)11-14-20(24-5)21(25-6)17(3)23-4/h7-14,16H,3H2,1-2,4-6H3/b13-12+,14-11-,21-20-/t16-/m0/s1. The highest BCUT2D eigenvalue weighted by Crippen LogP contribution is 2.18. The van der Waals surface area contributed by atoms with Gasteiger partial charge in [-0.15, -0.1) is 0 Å². The summed E-state index contributed by atoms with van der Waals surface area (Å²) in [6.45, 7) is 7.59. The van der Waals surface area contributed by atoms with E-state index in [2.05, 4.69) is 6.58 Å². The predicted octanol–water partition coefficient (Wildman–Crippen LogP) is 4.43. The zero-order chi connectivity index (χ0) is 18.8. The Bertz CT molecular complexity index is 696. The predicted molar refractivity (Wildman–Crippen MR) is 101 cm³/mol. The van der Waals surface area contributed by atoms with Crippen LogP contribution in [0.2, 0.25) is 0 Å². The van der Waals surface area contributed by atoms with Crippen LogP contribution < -0.4 is 0 Å². The number of rotatable bonds is 9. The van der Waals surface area contributed by atoms with E-state index in [1.54, 1.807) is 18.2 Å². The first kappa shape index (κ1) is 20.3. The molecule has 0 saturated heterocycles. The summed E-state index contributed by atoms with van der Waals surface area (Å²) in [6, 6.07) is 7.91. The van der Waals surface area contributed by atoms with Gasteiger partial charge in [0.05, 0.1) is 21.3 Å². The minimum absolute atomic E-state index is 0.000471. The topological polar surface area (TPSA) is 44.8 Å². The molecule has 0 radical (unpaired) electrons. The minimum atomic E-state index is -0.306. The number of carbonyl (C=O) groups excluding carboxylic acids is 1. The third-order valence-corrected chi connectivity index (χ3v) is 3.75. The molecule has 0 unspecified atom stereocenters. The molecule has 0 spiro atoms. The number of methoxy groups -OCH3 is 3. The first-order chi connectivity index (χ1) is 11.9. The molecule has 1 atom stereocenters. The fraction of sp³-hybridized carbons (Fsp3) is 0.286. The lowest BCUT2D eigenvalue weighted by atomic mass is 10.0. The summed E-state index contributed by atoms with van der Waals surface area (Å²) < 4.78 is 15.6. The van der Waals surface area contributed by atoms with Crippen LogP contribution in [0.3, 0.4) is 0 Å². The summed E-state index contributed by atoms with van der Waals surface area (Å²) in [5.41, 5.74) is 2.16. The van der Waals surface area contributed by atoms with Gasteiger partial charge in [-0.25, -0.2) is 0 Å². The molecule has 134 valence electrons. The van der Waals surface area contributed by atoms with E-state index >= 15 is 0 Å². The molecular weight excluding hydrogens is 316 g/mol. The Hall–Kier alpha value is -2.75. The minimum Gasteiger partial charge on any atom is -0.493 e. The molecule has 4 nitrogen and oxygen atoms in total. The van der Waals surface area contributed by atoms with Crippen LogP contribution in [0, 0.1) is 12.8 Å². The van der Waals surface area contributed by atoms with E-state index in [-0.39, 0.29) is 11.7 Å². The van der Waals surface area contributed by atoms with Crippen LogP contribution in [0.5, 0.6) is 0 Å². The lowest BCUT2D eigenvalue weighted by Gasteiger charge is -2.12. The van der Waals surface area contributed by atoms with Crippen molar-refractivity contribution in [2.24, 2.45) is 5.92 Å². The molecule has 0 aliphatic carbocycles. The van der Waals surface area contributed by atoms with E-state index < -0.39 is 0 Å². The molecule has 4 heteroatoms. The Morgan fingerprint density at radius 2 is 1.76 bits per heavy atom. The van der Waals surface area contributed by atoms with Gasteiger partial charge in [-0.1, -0.05) is 49.9 Å². The molecule has 0 fully saturated rings. The van der Waals surface area contributed by atoms with Gasteiger partial charge in [0.2, 0.25) is 5.76 Å². The average molecular weight is 342 g/mol. The Kier molecular flexibility index (Phi) is 8.27. The van der Waals surface area contributed by atoms with Crippen molar-refractivity contribution in [2.45, 2.75) is 13.8 Å². The fourth-order valence-electron chi connectivity index (χ4n) is 2.11. The van der Waals surface area contributed by atoms with Crippen molar-refractivity contribution in [1.82, 2.24) is 0 Å². The quantitative estimate of drug-likeness (QED) is 0.378. The van der Waals surface area contributed by atoms with Crippen molar-refractivity contribution in [3.63, 3.8) is 0 Å². The van der Waals surface area contributed by atoms with Crippen molar-refractivity contribution in [2.75, 3.05) is 21.3 Å². The Morgan fingerprint density at radius 3 is 2.32 bits per heavy atom. The molecule has 1 aromatic carbocycles. The molecular formula is C21H26O4. The van der Waals surface area contributed by atoms with Gasteiger partial charge >= 0.3 is 0 Å². The first-order valence-corrected chi connectivity index (χ1v) is 7.95. The summed E-state index contributed by atoms with van der Waals surface area (Å²) in [5.74, 6) is 0.870. The van der Waals surface area contributed by atoms with Crippen molar-refractivity contribution in [3.05, 3.63) is 77.5 Å². The number of hydrogen-bond acceptors (Lipinski definition) is 4. The van der Waals surface area contributed by atoms with Crippen LogP contribution in [0.25, 0.3) is 6.08 Å². The fourth-order valence-corrected chi connectivity index (χ4v) is 2.11. The average Bonchev–Trinajstić information content (AvgIpc) is 2.63. The number of aryl methyl sites for hydroxylation is 1. The Labute approximate surface area is 150 Å². The summed E-state index contributed by atoms with van der Waals surface area (Å²) >= 11 is 0. The highest BCUT2D eigenvalue weighted by Gasteiger charge is 2.12. The SMILES string of the molecule is C=C(OC)/C(OC)=C(\C=C/[C@H](C)C(=O)/C=C/c1ccccc1C)OC. The summed E-state index contributed by atoms with van der Waals surface area (Å²) in [7, 11) is 4.53. The van der Waals surface area contributed by atoms with Crippen LogP contribution in [0.4, 0.5) is 0 Å². The Morgan fingerprint density at radius 1 is 1.08 bits per heavy atom. The van der Waals surface area contributed by atoms with E-state index in [4.69, 9.17) is 14.2 Å². The van der Waals surface area contributed by atoms with E-state index in [1.807, 2.05) is 44.2 Å². The maximum Gasteiger partial charge on any atom is 0.202 e. The molecule has 0 aliphatic rings. The van der Waals surface area contributed by atoms with Crippen LogP contribution in [0.1, 0.15) is 18.1 Å². The molecule has 25 heavy (non-hydrogen) atoms. The van der Waals surface area contributed by atoms with Crippen LogP contribution in [-0.2, 0) is 19.0 Å². The highest BCUT2D eigenvalue weighted by molar-refractivity contribution is 5.96. The van der Waals surface area contributed by atoms with E-state index in [0.717, 1.165) is 11.1 Å². The highest BCUT2D eigenvalue weighted by atomic mass is 16.5. The van der Waals surface area contributed by atoms with Gasteiger partial charge in [-0.05, 0) is 30.2 Å². The van der Waals surface area contributed by atoms with Crippen LogP contribution in [-0.4, -0.2) is 27.1 Å². The van der Waals surface area contributed by atoms with Gasteiger partial charge in [0, 0.05) is 5.92 Å². The van der Waals surface area contributed by atoms with Gasteiger partial charge in [-0.3, -0.25) is 4.79 Å². The third kappa shape index (κ3) is 5.99. The molecule has 0 aromatic heterocycles. The number of allylic oxidation sites excluding steroid dienone is 3. The third-order valence-electron chi connectivity index (χ3n) is 3.75. The van der Waals surface area contributed by atoms with Gasteiger partial charge in [0.25, 0.3) is 0 Å². The summed E-state index contributed by atoms with van der Waals surface area (Å²) in [4.78, 5) is 12.3. The normalized spacial score (nSPS) is 13.5. The molecule has 1 rings (SSSR count). The smallest absolute Gasteiger partial charge is 0.202 e. The number of hydrogen-bond donors (Lipinski definition) is 0. The zero-order valence-electron chi connectivity index (χ0n) is 15.5. The summed E-state index contributed by atoms with van der Waals surface area (Å²) in [5, 5.41) is 0. The van der Waals surface area contributed by atoms with Gasteiger partial charge < -0.3 is 14.2 Å². The second kappa shape index (κ2) is 10.2. The molecule has 1 aromatic rings. The van der Waals surface area contributed by atoms with Crippen molar-refractivity contribution < 1.29 is 19.0 Å². The van der Waals surface area contributed by atoms with Gasteiger partial charge in [-0.2, -0.15) is 0 Å². The zero-order valence-corrected chi connectivity index (χ0v) is 15.5. The molecule has 0 saturated carbocycles. The van der Waals surface area contributed by atoms with E-state index in [9.17, 15) is 4.79 Å². The molecule has 0 amide bonds. The van der Waals surface area contributed by atoms with Crippen LogP contribution in [0.15, 0.2) is 66.3 Å².